The zero-order valence-corrected chi connectivity index (χ0v) is 5.90. The van der Waals surface area contributed by atoms with E-state index in [-0.39, 0.29) is 6.42 Å². The van der Waals surface area contributed by atoms with Crippen LogP contribution in [0, 0.1) is 0 Å². The number of aldehydes is 1. The molecule has 10 heavy (non-hydrogen) atoms. The molecule has 0 aromatic rings. The van der Waals surface area contributed by atoms with E-state index in [0.717, 1.165) is 0 Å². The lowest BCUT2D eigenvalue weighted by molar-refractivity contribution is -0.109. The van der Waals surface area contributed by atoms with Gasteiger partial charge in [-0.15, -0.1) is 0 Å². The highest BCUT2D eigenvalue weighted by atomic mass is 16.3. The van der Waals surface area contributed by atoms with Crippen molar-refractivity contribution in [3.05, 3.63) is 0 Å². The Bertz CT molecular complexity index is 105. The lowest BCUT2D eigenvalue weighted by atomic mass is 10.1. The molecule has 0 aromatic heterocycles. The largest absolute Gasteiger partial charge is 0.391 e. The standard InChI is InChI=1S/C6H13NO3/c1-4(9)6(10)5(7)2-3-8/h3-6,9-10H,2,7H2,1H3/t4-,5+,6-/m1/s1. The van der Waals surface area contributed by atoms with Crippen LogP contribution in [-0.4, -0.2) is 34.7 Å². The first kappa shape index (κ1) is 9.55. The van der Waals surface area contributed by atoms with Crippen LogP contribution in [0.15, 0.2) is 0 Å². The number of nitrogens with two attached hydrogens (primary N) is 1. The highest BCUT2D eigenvalue weighted by Gasteiger charge is 2.18. The summed E-state index contributed by atoms with van der Waals surface area (Å²) in [6.07, 6.45) is -1.19. The van der Waals surface area contributed by atoms with Crippen LogP contribution in [0.5, 0.6) is 0 Å². The summed E-state index contributed by atoms with van der Waals surface area (Å²) < 4.78 is 0. The van der Waals surface area contributed by atoms with Gasteiger partial charge in [-0.3, -0.25) is 0 Å². The Morgan fingerprint density at radius 1 is 1.60 bits per heavy atom. The molecule has 0 saturated carbocycles. The van der Waals surface area contributed by atoms with E-state index < -0.39 is 18.2 Å². The normalized spacial score (nSPS) is 19.6. The van der Waals surface area contributed by atoms with Crippen LogP contribution >= 0.6 is 0 Å². The van der Waals surface area contributed by atoms with Crippen molar-refractivity contribution in [2.45, 2.75) is 31.6 Å². The van der Waals surface area contributed by atoms with Crippen LogP contribution in [0.4, 0.5) is 0 Å². The zero-order valence-electron chi connectivity index (χ0n) is 5.90. The van der Waals surface area contributed by atoms with E-state index in [2.05, 4.69) is 0 Å². The van der Waals surface area contributed by atoms with Gasteiger partial charge in [0, 0.05) is 12.5 Å². The highest BCUT2D eigenvalue weighted by molar-refractivity contribution is 5.50. The van der Waals surface area contributed by atoms with Crippen LogP contribution in [0.25, 0.3) is 0 Å². The van der Waals surface area contributed by atoms with Crippen molar-refractivity contribution in [2.24, 2.45) is 5.73 Å². The van der Waals surface area contributed by atoms with Crippen LogP contribution in [0.2, 0.25) is 0 Å². The molecule has 4 heteroatoms. The van der Waals surface area contributed by atoms with Gasteiger partial charge < -0.3 is 20.7 Å². The summed E-state index contributed by atoms with van der Waals surface area (Å²) >= 11 is 0. The summed E-state index contributed by atoms with van der Waals surface area (Å²) in [6.45, 7) is 1.43. The predicted octanol–water partition coefficient (Wildman–Crippen LogP) is -1.36. The Labute approximate surface area is 59.7 Å². The fraction of sp³-hybridized carbons (Fsp3) is 0.833. The second kappa shape index (κ2) is 4.38. The molecule has 4 N–H and O–H groups in total. The maximum absolute atomic E-state index is 9.87. The molecule has 0 unspecified atom stereocenters. The first-order valence-electron chi connectivity index (χ1n) is 3.15. The summed E-state index contributed by atoms with van der Waals surface area (Å²) in [7, 11) is 0. The Hall–Kier alpha value is -0.450. The molecule has 0 aliphatic heterocycles. The summed E-state index contributed by atoms with van der Waals surface area (Å²) in [5.41, 5.74) is 5.29. The zero-order chi connectivity index (χ0) is 8.15. The van der Waals surface area contributed by atoms with Crippen LogP contribution < -0.4 is 5.73 Å². The summed E-state index contributed by atoms with van der Waals surface area (Å²) in [5, 5.41) is 17.8. The first-order chi connectivity index (χ1) is 4.59. The van der Waals surface area contributed by atoms with Gasteiger partial charge >= 0.3 is 0 Å². The average molecular weight is 147 g/mol. The molecule has 60 valence electrons. The Kier molecular flexibility index (Phi) is 4.18. The van der Waals surface area contributed by atoms with Crippen LogP contribution in [-0.2, 0) is 4.79 Å². The fourth-order valence-electron chi connectivity index (χ4n) is 0.608. The fourth-order valence-corrected chi connectivity index (χ4v) is 0.608. The Morgan fingerprint density at radius 2 is 2.10 bits per heavy atom. The molecule has 0 heterocycles. The molecule has 0 bridgehead atoms. The minimum Gasteiger partial charge on any atom is -0.391 e. The molecule has 0 amide bonds. The summed E-state index contributed by atoms with van der Waals surface area (Å²) in [5.74, 6) is 0. The predicted molar refractivity (Wildman–Crippen MR) is 36.3 cm³/mol. The molecule has 0 spiro atoms. The van der Waals surface area contributed by atoms with Crippen molar-refractivity contribution in [2.75, 3.05) is 0 Å². The maximum atomic E-state index is 9.87. The van der Waals surface area contributed by atoms with E-state index in [4.69, 9.17) is 15.9 Å². The monoisotopic (exact) mass is 147 g/mol. The first-order valence-corrected chi connectivity index (χ1v) is 3.15. The molecule has 0 aliphatic rings. The summed E-state index contributed by atoms with van der Waals surface area (Å²) in [6, 6.07) is -0.655. The maximum Gasteiger partial charge on any atom is 0.121 e. The molecule has 0 aliphatic carbocycles. The third-order valence-electron chi connectivity index (χ3n) is 1.30. The number of carbonyl (C=O) groups is 1. The molecular formula is C6H13NO3. The number of aliphatic hydroxyl groups is 2. The highest BCUT2D eigenvalue weighted by Crippen LogP contribution is 1.98. The number of hydrogen-bond acceptors (Lipinski definition) is 4. The van der Waals surface area contributed by atoms with Gasteiger partial charge in [0.2, 0.25) is 0 Å². The van der Waals surface area contributed by atoms with Gasteiger partial charge in [0.05, 0.1) is 12.2 Å². The van der Waals surface area contributed by atoms with Gasteiger partial charge in [-0.2, -0.15) is 0 Å². The molecule has 0 fully saturated rings. The minimum absolute atomic E-state index is 0.0755. The minimum atomic E-state index is -1.01. The molecule has 3 atom stereocenters. The SMILES string of the molecule is C[C@@H](O)[C@@H](O)[C@@H](N)CC=O. The summed E-state index contributed by atoms with van der Waals surface area (Å²) in [4.78, 5) is 9.87. The van der Waals surface area contributed by atoms with Crippen molar-refractivity contribution in [1.29, 1.82) is 0 Å². The van der Waals surface area contributed by atoms with E-state index in [9.17, 15) is 4.79 Å². The number of rotatable bonds is 4. The molecule has 0 radical (unpaired) electrons. The quantitative estimate of drug-likeness (QED) is 0.429. The number of carbonyl (C=O) groups excluding carboxylic acids is 1. The van der Waals surface area contributed by atoms with E-state index >= 15 is 0 Å². The lowest BCUT2D eigenvalue weighted by Gasteiger charge is -2.18. The van der Waals surface area contributed by atoms with E-state index in [1.165, 1.54) is 6.92 Å². The van der Waals surface area contributed by atoms with Crippen molar-refractivity contribution < 1.29 is 15.0 Å². The second-order valence-electron chi connectivity index (χ2n) is 2.30. The molecule has 0 saturated heterocycles. The lowest BCUT2D eigenvalue weighted by Crippen LogP contribution is -2.41. The molecule has 0 rings (SSSR count). The van der Waals surface area contributed by atoms with Crippen molar-refractivity contribution >= 4 is 6.29 Å². The van der Waals surface area contributed by atoms with Gasteiger partial charge in [0.15, 0.2) is 0 Å². The second-order valence-corrected chi connectivity index (χ2v) is 2.30. The molecule has 4 nitrogen and oxygen atoms in total. The van der Waals surface area contributed by atoms with Gasteiger partial charge in [-0.1, -0.05) is 0 Å². The van der Waals surface area contributed by atoms with Crippen LogP contribution in [0.1, 0.15) is 13.3 Å². The third kappa shape index (κ3) is 2.91. The Balaban J connectivity index is 3.68. The van der Waals surface area contributed by atoms with Gasteiger partial charge in [0.25, 0.3) is 0 Å². The van der Waals surface area contributed by atoms with Crippen molar-refractivity contribution in [3.8, 4) is 0 Å². The smallest absolute Gasteiger partial charge is 0.121 e. The molecular weight excluding hydrogens is 134 g/mol. The number of hydrogen-bond donors (Lipinski definition) is 3. The number of aliphatic hydroxyl groups excluding tert-OH is 2. The average Bonchev–Trinajstić information content (AvgIpc) is 1.87. The van der Waals surface area contributed by atoms with E-state index in [1.54, 1.807) is 0 Å². The van der Waals surface area contributed by atoms with E-state index in [1.807, 2.05) is 0 Å². The molecule has 0 aromatic carbocycles. The van der Waals surface area contributed by atoms with Crippen LogP contribution in [0.3, 0.4) is 0 Å². The van der Waals surface area contributed by atoms with E-state index in [0.29, 0.717) is 6.29 Å². The Morgan fingerprint density at radius 3 is 2.40 bits per heavy atom. The van der Waals surface area contributed by atoms with Gasteiger partial charge in [0.1, 0.15) is 6.29 Å². The van der Waals surface area contributed by atoms with Crippen molar-refractivity contribution in [3.63, 3.8) is 0 Å². The third-order valence-corrected chi connectivity index (χ3v) is 1.30. The van der Waals surface area contributed by atoms with Gasteiger partial charge in [-0.05, 0) is 6.92 Å². The van der Waals surface area contributed by atoms with Gasteiger partial charge in [-0.25, -0.2) is 0 Å². The topological polar surface area (TPSA) is 83.6 Å². The van der Waals surface area contributed by atoms with Crippen molar-refractivity contribution in [1.82, 2.24) is 0 Å².